The van der Waals surface area contributed by atoms with Crippen LogP contribution in [0.1, 0.15) is 119 Å². The molecule has 0 saturated carbocycles. The third-order valence-corrected chi connectivity index (χ3v) is 12.4. The van der Waals surface area contributed by atoms with E-state index in [1.54, 1.807) is 0 Å². The fourth-order valence-electron chi connectivity index (χ4n) is 6.11. The van der Waals surface area contributed by atoms with Crippen molar-refractivity contribution in [3.8, 4) is 34.5 Å². The molecule has 0 amide bonds. The summed E-state index contributed by atoms with van der Waals surface area (Å²) in [6.45, 7) is 17.2. The standard InChI is InChI=1S/C42H58O6Te/c1-7-13-19-43-33-25-29-30(26-34(33)44-20-14-8-2)32-28-36(46-22-16-10-4)40(48-24-18-12-6)42-38(32)37-31(29)27-35(45-21-15-9-3)39(41(37)49-42)47-23-17-11-5/h25-28H,7-24H2,1-6H3. The molecule has 0 N–H and O–H groups in total. The Hall–Kier alpha value is -2.75. The normalized spacial score (nSPS) is 11.7. The maximum absolute atomic E-state index is 6.69. The summed E-state index contributed by atoms with van der Waals surface area (Å²) < 4.78 is 42.1. The van der Waals surface area contributed by atoms with Gasteiger partial charge >= 0.3 is 305 Å². The first-order valence-electron chi connectivity index (χ1n) is 19.2. The molecule has 0 spiro atoms. The van der Waals surface area contributed by atoms with Gasteiger partial charge in [-0.1, -0.05) is 0 Å². The van der Waals surface area contributed by atoms with Gasteiger partial charge in [0.15, 0.2) is 0 Å². The van der Waals surface area contributed by atoms with Gasteiger partial charge in [-0.3, -0.25) is 0 Å². The predicted octanol–water partition coefficient (Wildman–Crippen LogP) is 11.9. The van der Waals surface area contributed by atoms with Crippen molar-refractivity contribution in [2.75, 3.05) is 39.6 Å². The number of unbranched alkanes of at least 4 members (excludes halogenated alkanes) is 6. The Bertz CT molecular complexity index is 1630. The summed E-state index contributed by atoms with van der Waals surface area (Å²) in [7, 11) is 0. The molecular weight excluding hydrogens is 728 g/mol. The van der Waals surface area contributed by atoms with Crippen LogP contribution in [0, 0.1) is 0 Å². The van der Waals surface area contributed by atoms with Crippen molar-refractivity contribution in [3.05, 3.63) is 24.3 Å². The number of fused-ring (bicyclic) bond motifs is 3. The first-order valence-corrected chi connectivity index (χ1v) is 21.5. The molecule has 0 fully saturated rings. The van der Waals surface area contributed by atoms with Crippen LogP contribution >= 0.6 is 0 Å². The summed E-state index contributed by atoms with van der Waals surface area (Å²) >= 11 is -0.918. The average molecular weight is 787 g/mol. The third kappa shape index (κ3) is 8.59. The molecule has 5 rings (SSSR count). The zero-order valence-corrected chi connectivity index (χ0v) is 33.2. The number of benzene rings is 4. The van der Waals surface area contributed by atoms with Crippen LogP contribution in [0.15, 0.2) is 24.3 Å². The van der Waals surface area contributed by atoms with Crippen molar-refractivity contribution in [2.45, 2.75) is 119 Å². The minimum atomic E-state index is -0.918. The van der Waals surface area contributed by atoms with Gasteiger partial charge in [-0.05, 0) is 0 Å². The predicted molar refractivity (Wildman–Crippen MR) is 207 cm³/mol. The van der Waals surface area contributed by atoms with Gasteiger partial charge in [0.05, 0.1) is 0 Å². The Morgan fingerprint density at radius 2 is 0.653 bits per heavy atom. The molecule has 0 unspecified atom stereocenters. The first-order chi connectivity index (χ1) is 24.1. The Morgan fingerprint density at radius 1 is 0.367 bits per heavy atom. The van der Waals surface area contributed by atoms with Gasteiger partial charge in [0.25, 0.3) is 0 Å². The van der Waals surface area contributed by atoms with E-state index in [1.165, 1.54) is 28.3 Å². The van der Waals surface area contributed by atoms with Crippen molar-refractivity contribution in [3.63, 3.8) is 0 Å². The van der Waals surface area contributed by atoms with E-state index < -0.39 is 20.4 Å². The molecule has 1 heterocycles. The molecular formula is C42H58O6Te. The molecule has 4 aromatic carbocycles. The molecule has 0 aliphatic carbocycles. The van der Waals surface area contributed by atoms with Gasteiger partial charge in [-0.25, -0.2) is 0 Å². The molecule has 0 radical (unpaired) electrons. The van der Waals surface area contributed by atoms with Crippen molar-refractivity contribution in [2.24, 2.45) is 0 Å². The number of ether oxygens (including phenoxy) is 6. The van der Waals surface area contributed by atoms with E-state index in [9.17, 15) is 0 Å². The SMILES string of the molecule is CCCCOc1cc2c(cc1OCCCC)c1cc(OCCCC)c(OCCCC)c3[te]c4c(OCCCC)c(OCCCC)cc2c4c31. The maximum atomic E-state index is 6.69. The average Bonchev–Trinajstić information content (AvgIpc) is 3.51. The Morgan fingerprint density at radius 3 is 0.980 bits per heavy atom. The number of hydrogen-bond donors (Lipinski definition) is 0. The van der Waals surface area contributed by atoms with Gasteiger partial charge in [0, 0.05) is 0 Å². The van der Waals surface area contributed by atoms with Crippen molar-refractivity contribution in [1.82, 2.24) is 0 Å². The molecule has 0 bridgehead atoms. The van der Waals surface area contributed by atoms with E-state index in [0.29, 0.717) is 39.6 Å². The fraction of sp³-hybridized carbons (Fsp3) is 0.571. The zero-order chi connectivity index (χ0) is 34.6. The van der Waals surface area contributed by atoms with Crippen LogP contribution in [-0.4, -0.2) is 60.1 Å². The molecule has 0 saturated heterocycles. The summed E-state index contributed by atoms with van der Waals surface area (Å²) in [5, 5.41) is 7.25. The molecule has 0 aliphatic rings. The van der Waals surface area contributed by atoms with Crippen LogP contribution in [0.4, 0.5) is 0 Å². The fourth-order valence-corrected chi connectivity index (χ4v) is 9.93. The topological polar surface area (TPSA) is 55.4 Å². The van der Waals surface area contributed by atoms with E-state index >= 15 is 0 Å². The second-order valence-electron chi connectivity index (χ2n) is 13.1. The Kier molecular flexibility index (Phi) is 14.6. The van der Waals surface area contributed by atoms with Crippen LogP contribution < -0.4 is 28.4 Å². The van der Waals surface area contributed by atoms with E-state index in [2.05, 4.69) is 65.8 Å². The van der Waals surface area contributed by atoms with Crippen molar-refractivity contribution < 1.29 is 28.4 Å². The van der Waals surface area contributed by atoms with Gasteiger partial charge in [-0.15, -0.1) is 0 Å². The summed E-state index contributed by atoms with van der Waals surface area (Å²) in [4.78, 5) is 0. The van der Waals surface area contributed by atoms with E-state index in [0.717, 1.165) is 122 Å². The molecule has 6 nitrogen and oxygen atoms in total. The van der Waals surface area contributed by atoms with E-state index in [4.69, 9.17) is 28.4 Å². The molecule has 1 aromatic heterocycles. The third-order valence-electron chi connectivity index (χ3n) is 9.03. The van der Waals surface area contributed by atoms with Crippen LogP contribution in [0.3, 0.4) is 0 Å². The number of hydrogen-bond acceptors (Lipinski definition) is 6. The summed E-state index contributed by atoms with van der Waals surface area (Å²) in [6.07, 6.45) is 12.5. The summed E-state index contributed by atoms with van der Waals surface area (Å²) in [5.74, 6) is 5.20. The first kappa shape index (κ1) is 37.5. The monoisotopic (exact) mass is 788 g/mol. The molecule has 49 heavy (non-hydrogen) atoms. The van der Waals surface area contributed by atoms with Crippen LogP contribution in [0.5, 0.6) is 34.5 Å². The zero-order valence-electron chi connectivity index (χ0n) is 30.9. The van der Waals surface area contributed by atoms with Crippen molar-refractivity contribution >= 4 is 59.6 Å². The number of rotatable bonds is 24. The Balaban J connectivity index is 1.87. The van der Waals surface area contributed by atoms with E-state index in [-0.39, 0.29) is 0 Å². The van der Waals surface area contributed by atoms with Gasteiger partial charge < -0.3 is 0 Å². The summed E-state index contributed by atoms with van der Waals surface area (Å²) in [6, 6.07) is 8.94. The second-order valence-corrected chi connectivity index (χ2v) is 16.0. The van der Waals surface area contributed by atoms with Crippen LogP contribution in [0.2, 0.25) is 0 Å². The minimum absolute atomic E-state index is 0.661. The van der Waals surface area contributed by atoms with Crippen molar-refractivity contribution in [1.29, 1.82) is 0 Å². The molecule has 0 aliphatic heterocycles. The van der Waals surface area contributed by atoms with Crippen LogP contribution in [-0.2, 0) is 0 Å². The van der Waals surface area contributed by atoms with Gasteiger partial charge in [0.1, 0.15) is 0 Å². The van der Waals surface area contributed by atoms with E-state index in [1.807, 2.05) is 0 Å². The molecule has 7 heteroatoms. The van der Waals surface area contributed by atoms with Crippen LogP contribution in [0.25, 0.3) is 39.1 Å². The quantitative estimate of drug-likeness (QED) is 0.0353. The van der Waals surface area contributed by atoms with Gasteiger partial charge in [0.2, 0.25) is 0 Å². The Labute approximate surface area is 303 Å². The van der Waals surface area contributed by atoms with Gasteiger partial charge in [-0.2, -0.15) is 0 Å². The summed E-state index contributed by atoms with van der Waals surface area (Å²) in [5.41, 5.74) is 0. The molecule has 0 atom stereocenters. The second kappa shape index (κ2) is 19.0. The molecule has 268 valence electrons. The molecule has 5 aromatic rings.